The van der Waals surface area contributed by atoms with E-state index in [1.807, 2.05) is 26.0 Å². The number of hydrogen-bond donors (Lipinski definition) is 1. The van der Waals surface area contributed by atoms with Crippen LogP contribution in [0.15, 0.2) is 12.1 Å². The molecule has 2 heterocycles. The Labute approximate surface area is 115 Å². The molecule has 6 heteroatoms. The molecule has 1 aromatic carbocycles. The van der Waals surface area contributed by atoms with Crippen molar-refractivity contribution in [1.82, 2.24) is 5.32 Å². The van der Waals surface area contributed by atoms with Crippen molar-refractivity contribution in [2.24, 2.45) is 0 Å². The molecule has 2 aliphatic heterocycles. The molecule has 1 saturated heterocycles. The Balaban J connectivity index is 1.95. The average Bonchev–Trinajstić information content (AvgIpc) is 2.87. The van der Waals surface area contributed by atoms with Crippen molar-refractivity contribution < 1.29 is 19.1 Å². The molecule has 6 nitrogen and oxygen atoms in total. The van der Waals surface area contributed by atoms with E-state index in [4.69, 9.17) is 4.74 Å². The third-order valence-electron chi connectivity index (χ3n) is 3.55. The number of cyclic esters (lactones) is 1. The standard InChI is InChI=1S/C14H14N2O4/c1-7-3-8(2)11-10(4-7)16(13(18)12(11)17)6-9-5-15-14(19)20-9/h3-4,9H,5-6H2,1-2H3,(H,15,19). The lowest BCUT2D eigenvalue weighted by molar-refractivity contribution is -0.114. The van der Waals surface area contributed by atoms with Crippen molar-refractivity contribution in [1.29, 1.82) is 0 Å². The van der Waals surface area contributed by atoms with Gasteiger partial charge in [0, 0.05) is 0 Å². The number of aryl methyl sites for hydroxylation is 2. The largest absolute Gasteiger partial charge is 0.442 e. The van der Waals surface area contributed by atoms with Gasteiger partial charge in [-0.2, -0.15) is 0 Å². The zero-order valence-electron chi connectivity index (χ0n) is 11.2. The predicted octanol–water partition coefficient (Wildman–Crippen LogP) is 0.941. The van der Waals surface area contributed by atoms with Crippen LogP contribution in [0, 0.1) is 13.8 Å². The summed E-state index contributed by atoms with van der Waals surface area (Å²) in [5.74, 6) is -1.05. The number of carbonyl (C=O) groups excluding carboxylic acids is 3. The molecular weight excluding hydrogens is 260 g/mol. The molecule has 104 valence electrons. The maximum Gasteiger partial charge on any atom is 0.407 e. The molecule has 1 unspecified atom stereocenters. The van der Waals surface area contributed by atoms with E-state index < -0.39 is 23.9 Å². The van der Waals surface area contributed by atoms with E-state index >= 15 is 0 Å². The van der Waals surface area contributed by atoms with Crippen LogP contribution in [0.2, 0.25) is 0 Å². The van der Waals surface area contributed by atoms with Gasteiger partial charge in [-0.05, 0) is 31.0 Å². The number of anilines is 1. The molecule has 2 aliphatic rings. The Bertz CT molecular complexity index is 638. The topological polar surface area (TPSA) is 75.7 Å². The van der Waals surface area contributed by atoms with E-state index in [-0.39, 0.29) is 6.54 Å². The molecular formula is C14H14N2O4. The number of ether oxygens (including phenoxy) is 1. The molecule has 0 aromatic heterocycles. The molecule has 1 fully saturated rings. The van der Waals surface area contributed by atoms with Crippen LogP contribution >= 0.6 is 0 Å². The Morgan fingerprint density at radius 3 is 2.70 bits per heavy atom. The van der Waals surface area contributed by atoms with Gasteiger partial charge in [-0.3, -0.25) is 9.59 Å². The number of ketones is 1. The summed E-state index contributed by atoms with van der Waals surface area (Å²) in [5, 5.41) is 2.53. The molecule has 1 aromatic rings. The van der Waals surface area contributed by atoms with Crippen molar-refractivity contribution in [2.75, 3.05) is 18.0 Å². The highest BCUT2D eigenvalue weighted by molar-refractivity contribution is 6.52. The third-order valence-corrected chi connectivity index (χ3v) is 3.55. The maximum atomic E-state index is 12.1. The van der Waals surface area contributed by atoms with Gasteiger partial charge in [0.25, 0.3) is 11.7 Å². The minimum Gasteiger partial charge on any atom is -0.442 e. The Morgan fingerprint density at radius 2 is 2.05 bits per heavy atom. The first kappa shape index (κ1) is 12.7. The number of alkyl carbamates (subject to hydrolysis) is 1. The number of rotatable bonds is 2. The van der Waals surface area contributed by atoms with Crippen molar-refractivity contribution in [3.05, 3.63) is 28.8 Å². The Morgan fingerprint density at radius 1 is 1.30 bits per heavy atom. The van der Waals surface area contributed by atoms with Gasteiger partial charge in [0.2, 0.25) is 0 Å². The molecule has 0 radical (unpaired) electrons. The Kier molecular flexibility index (Phi) is 2.74. The van der Waals surface area contributed by atoms with E-state index in [9.17, 15) is 14.4 Å². The second-order valence-electron chi connectivity index (χ2n) is 5.13. The quantitative estimate of drug-likeness (QED) is 0.814. The lowest BCUT2D eigenvalue weighted by Crippen LogP contribution is -2.38. The monoisotopic (exact) mass is 274 g/mol. The van der Waals surface area contributed by atoms with Crippen LogP contribution in [0.25, 0.3) is 0 Å². The summed E-state index contributed by atoms with van der Waals surface area (Å²) >= 11 is 0. The summed E-state index contributed by atoms with van der Waals surface area (Å²) in [5.41, 5.74) is 2.84. The van der Waals surface area contributed by atoms with E-state index in [0.717, 1.165) is 11.1 Å². The Hall–Kier alpha value is -2.37. The molecule has 3 rings (SSSR count). The molecule has 20 heavy (non-hydrogen) atoms. The lowest BCUT2D eigenvalue weighted by Gasteiger charge is -2.19. The van der Waals surface area contributed by atoms with Gasteiger partial charge >= 0.3 is 6.09 Å². The van der Waals surface area contributed by atoms with Crippen LogP contribution in [0.5, 0.6) is 0 Å². The summed E-state index contributed by atoms with van der Waals surface area (Å²) in [6.07, 6.45) is -0.917. The second kappa shape index (κ2) is 4.33. The summed E-state index contributed by atoms with van der Waals surface area (Å²) in [4.78, 5) is 36.6. The number of Topliss-reactive ketones (excluding diaryl/α,β-unsaturated/α-hetero) is 1. The first-order valence-corrected chi connectivity index (χ1v) is 6.39. The summed E-state index contributed by atoms with van der Waals surface area (Å²) in [7, 11) is 0. The van der Waals surface area contributed by atoms with Crippen molar-refractivity contribution in [3.8, 4) is 0 Å². The molecule has 1 N–H and O–H groups in total. The number of nitrogens with zero attached hydrogens (tertiary/aromatic N) is 1. The zero-order valence-corrected chi connectivity index (χ0v) is 11.2. The lowest BCUT2D eigenvalue weighted by atomic mass is 10.0. The van der Waals surface area contributed by atoms with Crippen molar-refractivity contribution >= 4 is 23.5 Å². The predicted molar refractivity (Wildman–Crippen MR) is 70.9 cm³/mol. The fourth-order valence-electron chi connectivity index (χ4n) is 2.71. The number of hydrogen-bond acceptors (Lipinski definition) is 4. The van der Waals surface area contributed by atoms with Crippen LogP contribution in [-0.4, -0.2) is 37.0 Å². The fraction of sp³-hybridized carbons (Fsp3) is 0.357. The highest BCUT2D eigenvalue weighted by atomic mass is 16.6. The molecule has 1 atom stereocenters. The van der Waals surface area contributed by atoms with E-state index in [2.05, 4.69) is 5.32 Å². The summed E-state index contributed by atoms with van der Waals surface area (Å²) < 4.78 is 5.03. The first-order chi connectivity index (χ1) is 9.47. The molecule has 0 aliphatic carbocycles. The van der Waals surface area contributed by atoms with Gasteiger partial charge in [0.05, 0.1) is 24.3 Å². The average molecular weight is 274 g/mol. The van der Waals surface area contributed by atoms with E-state index in [1.165, 1.54) is 4.90 Å². The zero-order chi connectivity index (χ0) is 14.4. The van der Waals surface area contributed by atoms with Gasteiger partial charge in [-0.25, -0.2) is 4.79 Å². The minimum absolute atomic E-state index is 0.194. The number of nitrogens with one attached hydrogen (secondary N) is 1. The number of amides is 2. The molecule has 0 saturated carbocycles. The number of fused-ring (bicyclic) bond motifs is 1. The van der Waals surface area contributed by atoms with Gasteiger partial charge < -0.3 is 15.0 Å². The highest BCUT2D eigenvalue weighted by Crippen LogP contribution is 2.33. The first-order valence-electron chi connectivity index (χ1n) is 6.39. The van der Waals surface area contributed by atoms with E-state index in [1.54, 1.807) is 0 Å². The maximum absolute atomic E-state index is 12.1. The minimum atomic E-state index is -0.559. The van der Waals surface area contributed by atoms with E-state index in [0.29, 0.717) is 17.8 Å². The third kappa shape index (κ3) is 1.84. The van der Waals surface area contributed by atoms with Crippen LogP contribution in [0.3, 0.4) is 0 Å². The summed E-state index contributed by atoms with van der Waals surface area (Å²) in [6.45, 7) is 4.27. The van der Waals surface area contributed by atoms with Crippen molar-refractivity contribution in [3.63, 3.8) is 0 Å². The summed E-state index contributed by atoms with van der Waals surface area (Å²) in [6, 6.07) is 3.69. The van der Waals surface area contributed by atoms with Gasteiger partial charge in [0.1, 0.15) is 6.10 Å². The molecule has 0 spiro atoms. The van der Waals surface area contributed by atoms with Crippen LogP contribution in [0.4, 0.5) is 10.5 Å². The highest BCUT2D eigenvalue weighted by Gasteiger charge is 2.39. The van der Waals surface area contributed by atoms with Crippen LogP contribution in [0.1, 0.15) is 21.5 Å². The molecule has 0 bridgehead atoms. The second-order valence-corrected chi connectivity index (χ2v) is 5.13. The van der Waals surface area contributed by atoms with Gasteiger partial charge in [-0.15, -0.1) is 0 Å². The number of carbonyl (C=O) groups is 3. The smallest absolute Gasteiger partial charge is 0.407 e. The van der Waals surface area contributed by atoms with Gasteiger partial charge in [0.15, 0.2) is 0 Å². The fourth-order valence-corrected chi connectivity index (χ4v) is 2.71. The van der Waals surface area contributed by atoms with Gasteiger partial charge in [-0.1, -0.05) is 6.07 Å². The van der Waals surface area contributed by atoms with Crippen LogP contribution < -0.4 is 10.2 Å². The number of benzene rings is 1. The van der Waals surface area contributed by atoms with Crippen LogP contribution in [-0.2, 0) is 9.53 Å². The normalized spacial score (nSPS) is 21.0. The van der Waals surface area contributed by atoms with Crippen molar-refractivity contribution in [2.45, 2.75) is 20.0 Å². The molecule has 2 amide bonds. The SMILES string of the molecule is Cc1cc(C)c2c(c1)N(CC1CNC(=O)O1)C(=O)C2=O.